The van der Waals surface area contributed by atoms with E-state index in [1.807, 2.05) is 30.3 Å². The number of likely N-dealkylation sites (tertiary alicyclic amines) is 1. The van der Waals surface area contributed by atoms with Crippen LogP contribution in [0.5, 0.6) is 0 Å². The molecule has 0 spiro atoms. The number of nitrogens with zero attached hydrogens (tertiary/aromatic N) is 2. The lowest BCUT2D eigenvalue weighted by Crippen LogP contribution is -2.31. The summed E-state index contributed by atoms with van der Waals surface area (Å²) in [6, 6.07) is 14.6. The summed E-state index contributed by atoms with van der Waals surface area (Å²) in [6.07, 6.45) is 3.50. The van der Waals surface area contributed by atoms with Crippen molar-refractivity contribution in [2.45, 2.75) is 50.6 Å². The third-order valence-electron chi connectivity index (χ3n) is 6.46. The van der Waals surface area contributed by atoms with Crippen LogP contribution in [0.1, 0.15) is 42.4 Å². The number of rotatable bonds is 6. The summed E-state index contributed by atoms with van der Waals surface area (Å²) in [5, 5.41) is 0. The normalized spacial score (nSPS) is 21.6. The topological polar surface area (TPSA) is 74.8 Å². The van der Waals surface area contributed by atoms with Crippen LogP contribution in [0.4, 0.5) is 0 Å². The Hall–Kier alpha value is -2.51. The first-order chi connectivity index (χ1) is 14.8. The minimum atomic E-state index is -3.73. The average molecular weight is 441 g/mol. The Kier molecular flexibility index (Phi) is 5.99. The molecule has 4 rings (SSSR count). The highest BCUT2D eigenvalue weighted by atomic mass is 32.2. The van der Waals surface area contributed by atoms with Gasteiger partial charge in [-0.05, 0) is 42.5 Å². The van der Waals surface area contributed by atoms with E-state index in [1.54, 1.807) is 32.2 Å². The Morgan fingerprint density at radius 1 is 0.935 bits per heavy atom. The lowest BCUT2D eigenvalue weighted by molar-refractivity contribution is -0.140. The van der Waals surface area contributed by atoms with Crippen molar-refractivity contribution in [2.24, 2.45) is 11.8 Å². The van der Waals surface area contributed by atoms with E-state index >= 15 is 0 Å². The number of fused-ring (bicyclic) bond motifs is 1. The Labute approximate surface area is 183 Å². The van der Waals surface area contributed by atoms with E-state index in [0.29, 0.717) is 11.1 Å². The first-order valence-electron chi connectivity index (χ1n) is 10.7. The van der Waals surface area contributed by atoms with Gasteiger partial charge in [0, 0.05) is 13.6 Å². The number of amides is 2. The molecule has 2 aliphatic rings. The van der Waals surface area contributed by atoms with Gasteiger partial charge in [0.1, 0.15) is 0 Å². The lowest BCUT2D eigenvalue weighted by Gasteiger charge is -2.20. The van der Waals surface area contributed by atoms with Crippen LogP contribution in [-0.4, -0.2) is 36.5 Å². The molecule has 1 aliphatic heterocycles. The molecule has 0 bridgehead atoms. The van der Waals surface area contributed by atoms with Crippen LogP contribution in [0.3, 0.4) is 0 Å². The number of aryl methyl sites for hydroxylation is 1. The van der Waals surface area contributed by atoms with E-state index in [4.69, 9.17) is 0 Å². The SMILES string of the molecule is Cc1ccc(CN2C(=O)[C@@H]3CCCC[C@H]3C2=O)cc1S(=O)(=O)N(C)Cc1ccccc1. The summed E-state index contributed by atoms with van der Waals surface area (Å²) in [6.45, 7) is 2.14. The van der Waals surface area contributed by atoms with E-state index in [0.717, 1.165) is 31.2 Å². The number of sulfonamides is 1. The van der Waals surface area contributed by atoms with Gasteiger partial charge in [0.2, 0.25) is 21.8 Å². The molecule has 2 amide bonds. The number of carbonyl (C=O) groups is 2. The van der Waals surface area contributed by atoms with E-state index in [2.05, 4.69) is 0 Å². The zero-order valence-electron chi connectivity index (χ0n) is 18.0. The molecule has 0 radical (unpaired) electrons. The van der Waals surface area contributed by atoms with Crippen LogP contribution in [0.15, 0.2) is 53.4 Å². The Morgan fingerprint density at radius 2 is 1.55 bits per heavy atom. The van der Waals surface area contributed by atoms with E-state index in [1.165, 1.54) is 9.21 Å². The third-order valence-corrected chi connectivity index (χ3v) is 8.41. The molecule has 2 fully saturated rings. The number of benzene rings is 2. The molecule has 1 saturated heterocycles. The predicted octanol–water partition coefficient (Wildman–Crippen LogP) is 3.49. The average Bonchev–Trinajstić information content (AvgIpc) is 3.00. The fourth-order valence-electron chi connectivity index (χ4n) is 4.68. The predicted molar refractivity (Wildman–Crippen MR) is 117 cm³/mol. The molecule has 1 saturated carbocycles. The van der Waals surface area contributed by atoms with Gasteiger partial charge in [-0.1, -0.05) is 55.3 Å². The first kappa shape index (κ1) is 21.7. The van der Waals surface area contributed by atoms with Gasteiger partial charge in [-0.25, -0.2) is 8.42 Å². The van der Waals surface area contributed by atoms with Crippen molar-refractivity contribution in [1.82, 2.24) is 9.21 Å². The van der Waals surface area contributed by atoms with Crippen molar-refractivity contribution >= 4 is 21.8 Å². The van der Waals surface area contributed by atoms with Gasteiger partial charge in [0.25, 0.3) is 0 Å². The second-order valence-electron chi connectivity index (χ2n) is 8.61. The van der Waals surface area contributed by atoms with Crippen LogP contribution >= 0.6 is 0 Å². The van der Waals surface area contributed by atoms with Gasteiger partial charge in [0.05, 0.1) is 23.3 Å². The molecule has 164 valence electrons. The molecule has 0 N–H and O–H groups in total. The smallest absolute Gasteiger partial charge is 0.243 e. The van der Waals surface area contributed by atoms with Gasteiger partial charge >= 0.3 is 0 Å². The molecular formula is C24H28N2O4S. The number of carbonyl (C=O) groups excluding carboxylic acids is 2. The number of hydrogen-bond acceptors (Lipinski definition) is 4. The summed E-state index contributed by atoms with van der Waals surface area (Å²) in [5.74, 6) is -0.624. The van der Waals surface area contributed by atoms with Crippen LogP contribution < -0.4 is 0 Å². The minimum Gasteiger partial charge on any atom is -0.278 e. The molecule has 7 heteroatoms. The maximum atomic E-state index is 13.3. The molecule has 2 aromatic carbocycles. The fraction of sp³-hybridized carbons (Fsp3) is 0.417. The monoisotopic (exact) mass is 440 g/mol. The molecule has 6 nitrogen and oxygen atoms in total. The van der Waals surface area contributed by atoms with Gasteiger partial charge in [-0.3, -0.25) is 14.5 Å². The van der Waals surface area contributed by atoms with E-state index in [9.17, 15) is 18.0 Å². The number of hydrogen-bond donors (Lipinski definition) is 0. The maximum absolute atomic E-state index is 13.3. The first-order valence-corrected chi connectivity index (χ1v) is 12.2. The number of imide groups is 1. The summed E-state index contributed by atoms with van der Waals surface area (Å²) >= 11 is 0. The molecular weight excluding hydrogens is 412 g/mol. The third kappa shape index (κ3) is 4.16. The molecule has 31 heavy (non-hydrogen) atoms. The van der Waals surface area contributed by atoms with Gasteiger partial charge in [-0.2, -0.15) is 4.31 Å². The lowest BCUT2D eigenvalue weighted by atomic mass is 9.81. The molecule has 0 aromatic heterocycles. The van der Waals surface area contributed by atoms with Gasteiger partial charge in [0.15, 0.2) is 0 Å². The van der Waals surface area contributed by atoms with Crippen molar-refractivity contribution in [3.8, 4) is 0 Å². The Morgan fingerprint density at radius 3 is 2.16 bits per heavy atom. The van der Waals surface area contributed by atoms with Gasteiger partial charge < -0.3 is 0 Å². The largest absolute Gasteiger partial charge is 0.278 e. The molecule has 1 aliphatic carbocycles. The van der Waals surface area contributed by atoms with Crippen LogP contribution in [0, 0.1) is 18.8 Å². The Balaban J connectivity index is 1.57. The van der Waals surface area contributed by atoms with E-state index in [-0.39, 0.29) is 41.6 Å². The van der Waals surface area contributed by atoms with Crippen LogP contribution in [-0.2, 0) is 32.7 Å². The van der Waals surface area contributed by atoms with Crippen molar-refractivity contribution < 1.29 is 18.0 Å². The second-order valence-corrected chi connectivity index (χ2v) is 10.6. The highest BCUT2D eigenvalue weighted by Crippen LogP contribution is 2.38. The minimum absolute atomic E-state index is 0.110. The zero-order chi connectivity index (χ0) is 22.2. The summed E-state index contributed by atoms with van der Waals surface area (Å²) in [5.41, 5.74) is 2.19. The maximum Gasteiger partial charge on any atom is 0.243 e. The van der Waals surface area contributed by atoms with Crippen molar-refractivity contribution in [2.75, 3.05) is 7.05 Å². The van der Waals surface area contributed by atoms with Crippen molar-refractivity contribution in [1.29, 1.82) is 0 Å². The molecule has 0 unspecified atom stereocenters. The highest BCUT2D eigenvalue weighted by Gasteiger charge is 2.47. The fourth-order valence-corrected chi connectivity index (χ4v) is 6.11. The van der Waals surface area contributed by atoms with Crippen molar-refractivity contribution in [3.05, 3.63) is 65.2 Å². The molecule has 2 atom stereocenters. The van der Waals surface area contributed by atoms with Crippen LogP contribution in [0.2, 0.25) is 0 Å². The summed E-state index contributed by atoms with van der Waals surface area (Å²) in [4.78, 5) is 27.1. The van der Waals surface area contributed by atoms with E-state index < -0.39 is 10.0 Å². The summed E-state index contributed by atoms with van der Waals surface area (Å²) < 4.78 is 27.8. The molecule has 2 aromatic rings. The standard InChI is InChI=1S/C24H28N2O4S/c1-17-12-13-19(16-26-23(27)20-10-6-7-11-21(20)24(26)28)14-22(17)31(29,30)25(2)15-18-8-4-3-5-9-18/h3-5,8-9,12-14,20-21H,6-7,10-11,15-16H2,1-2H3/t20-,21-/m1/s1. The Bertz CT molecular complexity index is 1070. The van der Waals surface area contributed by atoms with Crippen molar-refractivity contribution in [3.63, 3.8) is 0 Å². The zero-order valence-corrected chi connectivity index (χ0v) is 18.8. The highest BCUT2D eigenvalue weighted by molar-refractivity contribution is 7.89. The van der Waals surface area contributed by atoms with Crippen LogP contribution in [0.25, 0.3) is 0 Å². The second kappa shape index (κ2) is 8.55. The molecule has 1 heterocycles. The quantitative estimate of drug-likeness (QED) is 0.645. The summed E-state index contributed by atoms with van der Waals surface area (Å²) in [7, 11) is -2.16. The van der Waals surface area contributed by atoms with Gasteiger partial charge in [-0.15, -0.1) is 0 Å².